The molecular formula is C16H31F3N2. The molecular weight excluding hydrogens is 277 g/mol. The van der Waals surface area contributed by atoms with E-state index in [0.717, 1.165) is 19.6 Å². The first-order valence-corrected chi connectivity index (χ1v) is 8.32. The largest absolute Gasteiger partial charge is 0.389 e. The third-order valence-corrected chi connectivity index (χ3v) is 4.68. The van der Waals surface area contributed by atoms with Crippen LogP contribution in [-0.4, -0.2) is 42.3 Å². The van der Waals surface area contributed by atoms with Crippen molar-refractivity contribution in [3.63, 3.8) is 0 Å². The molecule has 0 bridgehead atoms. The summed E-state index contributed by atoms with van der Waals surface area (Å²) in [5.41, 5.74) is -0.0913. The second-order valence-corrected chi connectivity index (χ2v) is 6.67. The highest BCUT2D eigenvalue weighted by molar-refractivity contribution is 4.94. The maximum absolute atomic E-state index is 12.4. The van der Waals surface area contributed by atoms with Gasteiger partial charge >= 0.3 is 6.18 Å². The zero-order valence-electron chi connectivity index (χ0n) is 13.7. The standard InChI is InChI=1S/C16H31F3N2/c1-4-20-14(10-9-11-16(17,18)19)15(2,3)21-12-7-5-6-8-13-21/h14,20H,4-13H2,1-3H3. The van der Waals surface area contributed by atoms with E-state index in [1.165, 1.54) is 25.7 Å². The Morgan fingerprint density at radius 3 is 2.10 bits per heavy atom. The second-order valence-electron chi connectivity index (χ2n) is 6.67. The van der Waals surface area contributed by atoms with E-state index in [0.29, 0.717) is 6.42 Å². The minimum absolute atomic E-state index is 0.0913. The summed E-state index contributed by atoms with van der Waals surface area (Å²) in [4.78, 5) is 2.47. The Kier molecular flexibility index (Phi) is 7.48. The number of hydrogen-bond donors (Lipinski definition) is 1. The Hall–Kier alpha value is -0.290. The first-order chi connectivity index (χ1) is 9.77. The van der Waals surface area contributed by atoms with Gasteiger partial charge in [-0.1, -0.05) is 19.8 Å². The Morgan fingerprint density at radius 2 is 1.62 bits per heavy atom. The van der Waals surface area contributed by atoms with Gasteiger partial charge in [0, 0.05) is 18.0 Å². The van der Waals surface area contributed by atoms with Crippen LogP contribution in [0.2, 0.25) is 0 Å². The molecule has 2 nitrogen and oxygen atoms in total. The number of nitrogens with zero attached hydrogens (tertiary/aromatic N) is 1. The fourth-order valence-corrected chi connectivity index (χ4v) is 3.33. The van der Waals surface area contributed by atoms with Gasteiger partial charge in [-0.2, -0.15) is 13.2 Å². The second kappa shape index (κ2) is 8.37. The highest BCUT2D eigenvalue weighted by Gasteiger charge is 2.35. The molecule has 0 aromatic rings. The van der Waals surface area contributed by atoms with Crippen LogP contribution in [0.3, 0.4) is 0 Å². The van der Waals surface area contributed by atoms with Gasteiger partial charge in [-0.3, -0.25) is 4.90 Å². The van der Waals surface area contributed by atoms with E-state index >= 15 is 0 Å². The van der Waals surface area contributed by atoms with E-state index in [1.54, 1.807) is 0 Å². The molecule has 0 aromatic heterocycles. The minimum atomic E-state index is -4.04. The molecule has 126 valence electrons. The highest BCUT2D eigenvalue weighted by Crippen LogP contribution is 2.28. The van der Waals surface area contributed by atoms with Crippen molar-refractivity contribution in [3.05, 3.63) is 0 Å². The van der Waals surface area contributed by atoms with Crippen molar-refractivity contribution in [2.75, 3.05) is 19.6 Å². The summed E-state index contributed by atoms with van der Waals surface area (Å²) in [6.45, 7) is 9.31. The van der Waals surface area contributed by atoms with Crippen molar-refractivity contribution >= 4 is 0 Å². The summed E-state index contributed by atoms with van der Waals surface area (Å²) in [7, 11) is 0. The van der Waals surface area contributed by atoms with Crippen molar-refractivity contribution in [1.82, 2.24) is 10.2 Å². The molecule has 1 aliphatic heterocycles. The molecule has 1 unspecified atom stereocenters. The molecule has 1 rings (SSSR count). The molecule has 0 amide bonds. The number of likely N-dealkylation sites (tertiary alicyclic amines) is 1. The van der Waals surface area contributed by atoms with Crippen molar-refractivity contribution in [2.45, 2.75) is 83.5 Å². The quantitative estimate of drug-likeness (QED) is 0.752. The van der Waals surface area contributed by atoms with Crippen LogP contribution in [0.5, 0.6) is 0 Å². The fourth-order valence-electron chi connectivity index (χ4n) is 3.33. The lowest BCUT2D eigenvalue weighted by Crippen LogP contribution is -2.58. The van der Waals surface area contributed by atoms with Crippen LogP contribution in [0.4, 0.5) is 13.2 Å². The zero-order chi connectivity index (χ0) is 15.9. The van der Waals surface area contributed by atoms with Gasteiger partial charge in [0.1, 0.15) is 0 Å². The summed E-state index contributed by atoms with van der Waals surface area (Å²) in [6, 6.07) is 0.114. The lowest BCUT2D eigenvalue weighted by atomic mass is 9.88. The monoisotopic (exact) mass is 308 g/mol. The SMILES string of the molecule is CCNC(CCCC(F)(F)F)C(C)(C)N1CCCCCC1. The van der Waals surface area contributed by atoms with E-state index in [9.17, 15) is 13.2 Å². The predicted octanol–water partition coefficient (Wildman–Crippen LogP) is 4.35. The Balaban J connectivity index is 2.62. The Morgan fingerprint density at radius 1 is 1.05 bits per heavy atom. The van der Waals surface area contributed by atoms with Gasteiger partial charge in [0.25, 0.3) is 0 Å². The maximum atomic E-state index is 12.4. The number of rotatable bonds is 7. The molecule has 1 aliphatic rings. The normalized spacial score (nSPS) is 20.3. The smallest absolute Gasteiger partial charge is 0.312 e. The fraction of sp³-hybridized carbons (Fsp3) is 1.00. The molecule has 1 heterocycles. The predicted molar refractivity (Wildman–Crippen MR) is 81.5 cm³/mol. The average Bonchev–Trinajstić information content (AvgIpc) is 2.65. The lowest BCUT2D eigenvalue weighted by molar-refractivity contribution is -0.136. The van der Waals surface area contributed by atoms with Gasteiger partial charge in [0.15, 0.2) is 0 Å². The molecule has 1 atom stereocenters. The highest BCUT2D eigenvalue weighted by atomic mass is 19.4. The van der Waals surface area contributed by atoms with Crippen molar-refractivity contribution in [2.24, 2.45) is 0 Å². The molecule has 21 heavy (non-hydrogen) atoms. The summed E-state index contributed by atoms with van der Waals surface area (Å²) in [5.74, 6) is 0. The molecule has 1 N–H and O–H groups in total. The molecule has 0 aliphatic carbocycles. The van der Waals surface area contributed by atoms with Crippen LogP contribution in [0, 0.1) is 0 Å². The van der Waals surface area contributed by atoms with Gasteiger partial charge in [0.2, 0.25) is 0 Å². The third-order valence-electron chi connectivity index (χ3n) is 4.68. The summed E-state index contributed by atoms with van der Waals surface area (Å²) >= 11 is 0. The molecule has 0 saturated carbocycles. The number of halogens is 3. The first-order valence-electron chi connectivity index (χ1n) is 8.32. The van der Waals surface area contributed by atoms with Crippen LogP contribution in [0.25, 0.3) is 0 Å². The number of likely N-dealkylation sites (N-methyl/N-ethyl adjacent to an activating group) is 1. The lowest BCUT2D eigenvalue weighted by Gasteiger charge is -2.44. The van der Waals surface area contributed by atoms with Gasteiger partial charge in [-0.15, -0.1) is 0 Å². The Bertz CT molecular complexity index is 282. The van der Waals surface area contributed by atoms with Gasteiger partial charge < -0.3 is 5.32 Å². The number of nitrogens with one attached hydrogen (secondary N) is 1. The summed E-state index contributed by atoms with van der Waals surface area (Å²) in [6.07, 6.45) is 1.01. The van der Waals surface area contributed by atoms with E-state index in [2.05, 4.69) is 24.1 Å². The summed E-state index contributed by atoms with van der Waals surface area (Å²) < 4.78 is 37.1. The van der Waals surface area contributed by atoms with Crippen LogP contribution in [0.1, 0.15) is 65.7 Å². The van der Waals surface area contributed by atoms with E-state index in [4.69, 9.17) is 0 Å². The molecule has 0 aromatic carbocycles. The van der Waals surface area contributed by atoms with E-state index in [-0.39, 0.29) is 18.0 Å². The van der Waals surface area contributed by atoms with Crippen LogP contribution in [-0.2, 0) is 0 Å². The van der Waals surface area contributed by atoms with Crippen LogP contribution in [0.15, 0.2) is 0 Å². The van der Waals surface area contributed by atoms with Gasteiger partial charge in [-0.05, 0) is 59.2 Å². The number of alkyl halides is 3. The molecule has 0 spiro atoms. The first kappa shape index (κ1) is 18.8. The minimum Gasteiger partial charge on any atom is -0.312 e. The Labute approximate surface area is 127 Å². The zero-order valence-corrected chi connectivity index (χ0v) is 13.7. The van der Waals surface area contributed by atoms with Crippen LogP contribution < -0.4 is 5.32 Å². The topological polar surface area (TPSA) is 15.3 Å². The van der Waals surface area contributed by atoms with Crippen molar-refractivity contribution in [1.29, 1.82) is 0 Å². The van der Waals surface area contributed by atoms with Crippen molar-refractivity contribution < 1.29 is 13.2 Å². The van der Waals surface area contributed by atoms with E-state index in [1.807, 2.05) is 6.92 Å². The third kappa shape index (κ3) is 6.55. The van der Waals surface area contributed by atoms with Gasteiger partial charge in [-0.25, -0.2) is 0 Å². The molecule has 1 saturated heterocycles. The van der Waals surface area contributed by atoms with Gasteiger partial charge in [0.05, 0.1) is 0 Å². The summed E-state index contributed by atoms with van der Waals surface area (Å²) in [5, 5.41) is 3.42. The number of hydrogen-bond acceptors (Lipinski definition) is 2. The molecule has 1 fully saturated rings. The van der Waals surface area contributed by atoms with Crippen molar-refractivity contribution in [3.8, 4) is 0 Å². The van der Waals surface area contributed by atoms with E-state index < -0.39 is 12.6 Å². The molecule has 0 radical (unpaired) electrons. The molecule has 5 heteroatoms. The maximum Gasteiger partial charge on any atom is 0.389 e. The van der Waals surface area contributed by atoms with Crippen LogP contribution >= 0.6 is 0 Å². The average molecular weight is 308 g/mol.